The molecule has 1 aliphatic carbocycles. The summed E-state index contributed by atoms with van der Waals surface area (Å²) in [6.45, 7) is 4.50. The molecule has 0 aromatic heterocycles. The Balaban J connectivity index is 0.00000225. The van der Waals surface area contributed by atoms with Crippen molar-refractivity contribution in [2.45, 2.75) is 38.5 Å². The monoisotopic (exact) mass is 456 g/mol. The summed E-state index contributed by atoms with van der Waals surface area (Å²) in [6.07, 6.45) is 8.00. The van der Waals surface area contributed by atoms with Crippen molar-refractivity contribution in [3.8, 4) is 0 Å². The molecule has 1 aromatic carbocycles. The van der Waals surface area contributed by atoms with E-state index in [1.807, 2.05) is 7.05 Å². The average Bonchev–Trinajstić information content (AvgIpc) is 3.04. The van der Waals surface area contributed by atoms with Gasteiger partial charge in [0.25, 0.3) is 0 Å². The Bertz CT molecular complexity index is 542. The summed E-state index contributed by atoms with van der Waals surface area (Å²) in [6, 6.07) is 10.6. The van der Waals surface area contributed by atoms with Crippen molar-refractivity contribution in [1.29, 1.82) is 0 Å². The number of hydrogen-bond acceptors (Lipinski definition) is 2. The third-order valence-electron chi connectivity index (χ3n) is 5.76. The van der Waals surface area contributed by atoms with E-state index in [9.17, 15) is 0 Å². The van der Waals surface area contributed by atoms with Crippen LogP contribution in [-0.2, 0) is 0 Å². The molecule has 2 fully saturated rings. The van der Waals surface area contributed by atoms with Crippen LogP contribution in [0.3, 0.4) is 0 Å². The Kier molecular flexibility index (Phi) is 7.84. The van der Waals surface area contributed by atoms with Crippen molar-refractivity contribution < 1.29 is 0 Å². The second-order valence-corrected chi connectivity index (χ2v) is 7.46. The number of benzene rings is 1. The Labute approximate surface area is 170 Å². The van der Waals surface area contributed by atoms with Gasteiger partial charge in [0.2, 0.25) is 0 Å². The summed E-state index contributed by atoms with van der Waals surface area (Å²) in [5.74, 6) is 1.11. The van der Waals surface area contributed by atoms with E-state index in [0.717, 1.165) is 19.0 Å². The molecule has 1 saturated heterocycles. The number of likely N-dealkylation sites (tertiary alicyclic amines) is 1. The number of guanidine groups is 1. The van der Waals surface area contributed by atoms with E-state index in [4.69, 9.17) is 0 Å². The summed E-state index contributed by atoms with van der Waals surface area (Å²) in [4.78, 5) is 9.29. The van der Waals surface area contributed by atoms with E-state index >= 15 is 0 Å². The minimum atomic E-state index is 0. The maximum atomic E-state index is 4.50. The van der Waals surface area contributed by atoms with Gasteiger partial charge in [-0.25, -0.2) is 0 Å². The maximum Gasteiger partial charge on any atom is 0.193 e. The van der Waals surface area contributed by atoms with Gasteiger partial charge in [0.05, 0.1) is 0 Å². The Morgan fingerprint density at radius 2 is 1.96 bits per heavy atom. The third-order valence-corrected chi connectivity index (χ3v) is 5.76. The van der Waals surface area contributed by atoms with Crippen molar-refractivity contribution in [3.05, 3.63) is 30.3 Å². The van der Waals surface area contributed by atoms with Gasteiger partial charge in [0, 0.05) is 46.0 Å². The number of unbranched alkanes of at least 4 members (excludes halogenated alkanes) is 1. The molecule has 140 valence electrons. The zero-order chi connectivity index (χ0) is 16.8. The number of anilines is 1. The van der Waals surface area contributed by atoms with Crippen molar-refractivity contribution in [2.24, 2.45) is 10.4 Å². The van der Waals surface area contributed by atoms with Gasteiger partial charge in [-0.1, -0.05) is 24.6 Å². The molecule has 1 saturated carbocycles. The van der Waals surface area contributed by atoms with Gasteiger partial charge in [-0.05, 0) is 49.7 Å². The Hall–Kier alpha value is -0.980. The highest BCUT2D eigenvalue weighted by Gasteiger charge is 2.43. The van der Waals surface area contributed by atoms with Crippen LogP contribution in [0.25, 0.3) is 0 Å². The molecule has 3 rings (SSSR count). The van der Waals surface area contributed by atoms with Gasteiger partial charge >= 0.3 is 0 Å². The van der Waals surface area contributed by atoms with Crippen molar-refractivity contribution >= 4 is 35.6 Å². The van der Waals surface area contributed by atoms with Gasteiger partial charge in [-0.15, -0.1) is 24.0 Å². The number of aliphatic imine (C=N–C) groups is 1. The number of para-hydroxylation sites is 1. The van der Waals surface area contributed by atoms with E-state index in [1.165, 1.54) is 57.3 Å². The Morgan fingerprint density at radius 1 is 1.20 bits per heavy atom. The van der Waals surface area contributed by atoms with Crippen molar-refractivity contribution in [2.75, 3.05) is 45.2 Å². The van der Waals surface area contributed by atoms with Crippen molar-refractivity contribution in [3.63, 3.8) is 0 Å². The molecule has 2 aliphatic rings. The van der Waals surface area contributed by atoms with Crippen LogP contribution in [0, 0.1) is 5.41 Å². The highest BCUT2D eigenvalue weighted by Crippen LogP contribution is 2.47. The lowest BCUT2D eigenvalue weighted by atomic mass is 9.68. The van der Waals surface area contributed by atoms with E-state index in [-0.39, 0.29) is 24.0 Å². The molecule has 0 atom stereocenters. The van der Waals surface area contributed by atoms with E-state index in [0.29, 0.717) is 5.41 Å². The van der Waals surface area contributed by atoms with Crippen LogP contribution in [0.1, 0.15) is 38.5 Å². The zero-order valence-corrected chi connectivity index (χ0v) is 18.0. The number of halogens is 1. The Morgan fingerprint density at radius 3 is 2.56 bits per heavy atom. The summed E-state index contributed by atoms with van der Waals surface area (Å²) in [5.41, 5.74) is 1.93. The first-order valence-electron chi connectivity index (χ1n) is 9.44. The van der Waals surface area contributed by atoms with Gasteiger partial charge in [0.15, 0.2) is 5.96 Å². The fraction of sp³-hybridized carbons (Fsp3) is 0.650. The lowest BCUT2D eigenvalue weighted by Gasteiger charge is -2.38. The first-order chi connectivity index (χ1) is 11.7. The van der Waals surface area contributed by atoms with Crippen LogP contribution in [0.5, 0.6) is 0 Å². The van der Waals surface area contributed by atoms with E-state index in [1.54, 1.807) is 0 Å². The van der Waals surface area contributed by atoms with Gasteiger partial charge < -0.3 is 15.1 Å². The first-order valence-corrected chi connectivity index (χ1v) is 9.44. The number of nitrogens with zero attached hydrogens (tertiary/aromatic N) is 3. The van der Waals surface area contributed by atoms with Crippen LogP contribution >= 0.6 is 24.0 Å². The highest BCUT2D eigenvalue weighted by molar-refractivity contribution is 14.0. The van der Waals surface area contributed by atoms with Crippen LogP contribution in [0.15, 0.2) is 35.3 Å². The SMILES string of the molecule is CN=C(NCCCCN(C)c1ccccc1)N1CCC2(CCC2)C1.I. The molecule has 0 unspecified atom stereocenters. The van der Waals surface area contributed by atoms with Crippen molar-refractivity contribution in [1.82, 2.24) is 10.2 Å². The maximum absolute atomic E-state index is 4.50. The molecule has 0 amide bonds. The van der Waals surface area contributed by atoms with E-state index in [2.05, 4.69) is 57.5 Å². The average molecular weight is 456 g/mol. The third kappa shape index (κ3) is 5.25. The molecule has 5 heteroatoms. The van der Waals surface area contributed by atoms with Crippen LogP contribution in [-0.4, -0.2) is 51.1 Å². The van der Waals surface area contributed by atoms with Gasteiger partial charge in [-0.3, -0.25) is 4.99 Å². The molecule has 25 heavy (non-hydrogen) atoms. The molecule has 0 radical (unpaired) electrons. The number of hydrogen-bond donors (Lipinski definition) is 1. The number of nitrogens with one attached hydrogen (secondary N) is 1. The second kappa shape index (κ2) is 9.64. The quantitative estimate of drug-likeness (QED) is 0.304. The molecule has 1 aliphatic heterocycles. The second-order valence-electron chi connectivity index (χ2n) is 7.46. The van der Waals surface area contributed by atoms with Crippen LogP contribution in [0.4, 0.5) is 5.69 Å². The van der Waals surface area contributed by atoms with E-state index < -0.39 is 0 Å². The fourth-order valence-corrected chi connectivity index (χ4v) is 4.02. The molecule has 4 nitrogen and oxygen atoms in total. The minimum absolute atomic E-state index is 0. The summed E-state index contributed by atoms with van der Waals surface area (Å²) in [5, 5.41) is 3.57. The van der Waals surface area contributed by atoms with Gasteiger partial charge in [-0.2, -0.15) is 0 Å². The summed E-state index contributed by atoms with van der Waals surface area (Å²) >= 11 is 0. The normalized spacial score (nSPS) is 18.6. The van der Waals surface area contributed by atoms with Crippen LogP contribution in [0.2, 0.25) is 0 Å². The predicted molar refractivity (Wildman–Crippen MR) is 118 cm³/mol. The fourth-order valence-electron chi connectivity index (χ4n) is 4.02. The predicted octanol–water partition coefficient (Wildman–Crippen LogP) is 3.97. The molecule has 1 N–H and O–H groups in total. The lowest BCUT2D eigenvalue weighted by molar-refractivity contribution is 0.151. The molecular weight excluding hydrogens is 423 g/mol. The molecule has 1 aromatic rings. The van der Waals surface area contributed by atoms with Gasteiger partial charge in [0.1, 0.15) is 0 Å². The zero-order valence-electron chi connectivity index (χ0n) is 15.7. The summed E-state index contributed by atoms with van der Waals surface area (Å²) in [7, 11) is 4.08. The molecular formula is C20H33IN4. The summed E-state index contributed by atoms with van der Waals surface area (Å²) < 4.78 is 0. The minimum Gasteiger partial charge on any atom is -0.375 e. The largest absolute Gasteiger partial charge is 0.375 e. The molecule has 1 spiro atoms. The highest BCUT2D eigenvalue weighted by atomic mass is 127. The van der Waals surface area contributed by atoms with Crippen LogP contribution < -0.4 is 10.2 Å². The molecule has 0 bridgehead atoms. The number of rotatable bonds is 6. The smallest absolute Gasteiger partial charge is 0.193 e. The standard InChI is InChI=1S/C20H32N4.HI/c1-21-19(24-16-13-20(17-24)11-8-12-20)22-14-6-7-15-23(2)18-9-4-3-5-10-18;/h3-5,9-10H,6-8,11-17H2,1-2H3,(H,21,22);1H. The molecule has 1 heterocycles. The topological polar surface area (TPSA) is 30.9 Å². The lowest BCUT2D eigenvalue weighted by Crippen LogP contribution is -2.42. The first kappa shape index (κ1) is 20.3.